The fourth-order valence-electron chi connectivity index (χ4n) is 2.13. The predicted molar refractivity (Wildman–Crippen MR) is 78.5 cm³/mol. The second-order valence-electron chi connectivity index (χ2n) is 4.67. The largest absolute Gasteiger partial charge is 0.315 e. The highest BCUT2D eigenvalue weighted by Gasteiger charge is 2.12. The summed E-state index contributed by atoms with van der Waals surface area (Å²) in [5.74, 6) is -0.835. The van der Waals surface area contributed by atoms with Crippen LogP contribution >= 0.6 is 0 Å². The van der Waals surface area contributed by atoms with Gasteiger partial charge in [0.25, 0.3) is 0 Å². The van der Waals surface area contributed by atoms with Gasteiger partial charge >= 0.3 is 11.1 Å². The molecular weight excluding hydrogens is 290 g/mol. The van der Waals surface area contributed by atoms with Crippen LogP contribution in [0.15, 0.2) is 58.1 Å². The van der Waals surface area contributed by atoms with Crippen molar-refractivity contribution in [2.45, 2.75) is 0 Å². The molecule has 2 N–H and O–H groups in total. The van der Waals surface area contributed by atoms with Crippen LogP contribution in [0, 0.1) is 11.6 Å². The van der Waals surface area contributed by atoms with Gasteiger partial charge in [-0.15, -0.1) is 0 Å². The second kappa shape index (κ2) is 5.40. The Morgan fingerprint density at radius 3 is 1.23 bits per heavy atom. The molecule has 0 amide bonds. The van der Waals surface area contributed by atoms with Gasteiger partial charge in [0.1, 0.15) is 11.6 Å². The van der Waals surface area contributed by atoms with Crippen LogP contribution in [0.1, 0.15) is 0 Å². The van der Waals surface area contributed by atoms with Crippen LogP contribution in [-0.2, 0) is 0 Å². The van der Waals surface area contributed by atoms with Crippen molar-refractivity contribution in [3.05, 3.63) is 80.9 Å². The molecule has 0 aliphatic rings. The molecule has 110 valence electrons. The van der Waals surface area contributed by atoms with E-state index in [2.05, 4.69) is 9.97 Å². The van der Waals surface area contributed by atoms with E-state index in [-0.39, 0.29) is 0 Å². The van der Waals surface area contributed by atoms with Gasteiger partial charge in [0.05, 0.1) is 11.4 Å². The number of aromatic nitrogens is 2. The summed E-state index contributed by atoms with van der Waals surface area (Å²) in [4.78, 5) is 28.1. The molecule has 0 saturated carbocycles. The van der Waals surface area contributed by atoms with E-state index in [9.17, 15) is 18.4 Å². The normalized spacial score (nSPS) is 10.6. The monoisotopic (exact) mass is 300 g/mol. The van der Waals surface area contributed by atoms with Gasteiger partial charge in [-0.1, -0.05) is 0 Å². The molecule has 0 aliphatic carbocycles. The van der Waals surface area contributed by atoms with Crippen LogP contribution < -0.4 is 11.1 Å². The van der Waals surface area contributed by atoms with Gasteiger partial charge in [-0.3, -0.25) is 9.59 Å². The standard InChI is InChI=1S/C16H10F2N2O2/c17-11-5-1-9(2-6-11)13-14(20-16(22)15(21)19-13)10-3-7-12(18)8-4-10/h1-8H,(H,19,21)(H,20,22). The Hall–Kier alpha value is -3.02. The molecule has 0 atom stereocenters. The van der Waals surface area contributed by atoms with Crippen LogP contribution in [-0.4, -0.2) is 9.97 Å². The molecule has 6 heteroatoms. The molecule has 0 bridgehead atoms. The van der Waals surface area contributed by atoms with E-state index in [1.807, 2.05) is 0 Å². The maximum atomic E-state index is 13.0. The molecule has 2 aromatic carbocycles. The summed E-state index contributed by atoms with van der Waals surface area (Å²) in [7, 11) is 0. The van der Waals surface area contributed by atoms with E-state index in [4.69, 9.17) is 0 Å². The molecule has 22 heavy (non-hydrogen) atoms. The Labute approximate surface area is 123 Å². The topological polar surface area (TPSA) is 65.7 Å². The summed E-state index contributed by atoms with van der Waals surface area (Å²) in [5.41, 5.74) is 0.0749. The number of H-pyrrole nitrogens is 2. The zero-order valence-electron chi connectivity index (χ0n) is 11.2. The third-order valence-corrected chi connectivity index (χ3v) is 3.20. The first kappa shape index (κ1) is 13.9. The number of halogens is 2. The van der Waals surface area contributed by atoms with E-state index in [1.165, 1.54) is 48.5 Å². The third kappa shape index (κ3) is 2.58. The van der Waals surface area contributed by atoms with Crippen molar-refractivity contribution in [2.24, 2.45) is 0 Å². The molecule has 1 heterocycles. The average molecular weight is 300 g/mol. The molecule has 0 unspecified atom stereocenters. The lowest BCUT2D eigenvalue weighted by Gasteiger charge is -2.09. The van der Waals surface area contributed by atoms with E-state index < -0.39 is 22.8 Å². The fraction of sp³-hybridized carbons (Fsp3) is 0. The maximum absolute atomic E-state index is 13.0. The summed E-state index contributed by atoms with van der Waals surface area (Å²) < 4.78 is 26.1. The Morgan fingerprint density at radius 2 is 0.909 bits per heavy atom. The Balaban J connectivity index is 2.26. The van der Waals surface area contributed by atoms with Crippen molar-refractivity contribution in [3.8, 4) is 22.5 Å². The number of aromatic amines is 2. The van der Waals surface area contributed by atoms with Crippen molar-refractivity contribution in [1.29, 1.82) is 0 Å². The van der Waals surface area contributed by atoms with Crippen LogP contribution in [0.5, 0.6) is 0 Å². The van der Waals surface area contributed by atoms with Gasteiger partial charge in [0.15, 0.2) is 0 Å². The summed E-state index contributed by atoms with van der Waals surface area (Å²) >= 11 is 0. The van der Waals surface area contributed by atoms with Crippen molar-refractivity contribution in [3.63, 3.8) is 0 Å². The van der Waals surface area contributed by atoms with E-state index in [1.54, 1.807) is 0 Å². The van der Waals surface area contributed by atoms with Crippen molar-refractivity contribution in [1.82, 2.24) is 9.97 Å². The summed E-state index contributed by atoms with van der Waals surface area (Å²) in [6, 6.07) is 10.9. The van der Waals surface area contributed by atoms with Gasteiger partial charge in [0.2, 0.25) is 0 Å². The van der Waals surface area contributed by atoms with Crippen molar-refractivity contribution in [2.75, 3.05) is 0 Å². The summed E-state index contributed by atoms with van der Waals surface area (Å²) in [5, 5.41) is 0. The average Bonchev–Trinajstić information content (AvgIpc) is 2.51. The van der Waals surface area contributed by atoms with Crippen LogP contribution in [0.4, 0.5) is 8.78 Å². The van der Waals surface area contributed by atoms with Gasteiger partial charge in [-0.2, -0.15) is 0 Å². The molecule has 0 fully saturated rings. The van der Waals surface area contributed by atoms with E-state index in [0.29, 0.717) is 22.5 Å². The maximum Gasteiger partial charge on any atom is 0.314 e. The molecule has 0 saturated heterocycles. The Kier molecular flexibility index (Phi) is 3.42. The first-order valence-electron chi connectivity index (χ1n) is 6.43. The Bertz CT molecular complexity index is 848. The van der Waals surface area contributed by atoms with E-state index >= 15 is 0 Å². The van der Waals surface area contributed by atoms with Crippen LogP contribution in [0.3, 0.4) is 0 Å². The number of rotatable bonds is 2. The molecule has 0 aliphatic heterocycles. The summed E-state index contributed by atoms with van der Waals surface area (Å²) in [6.07, 6.45) is 0. The lowest BCUT2D eigenvalue weighted by Crippen LogP contribution is -2.30. The SMILES string of the molecule is O=c1[nH]c(-c2ccc(F)cc2)c(-c2ccc(F)cc2)[nH]c1=O. The van der Waals surface area contributed by atoms with Crippen molar-refractivity contribution >= 4 is 0 Å². The third-order valence-electron chi connectivity index (χ3n) is 3.20. The minimum atomic E-state index is -0.815. The first-order valence-corrected chi connectivity index (χ1v) is 6.43. The number of benzene rings is 2. The molecular formula is C16H10F2N2O2. The molecule has 0 spiro atoms. The predicted octanol–water partition coefficient (Wildman–Crippen LogP) is 2.68. The first-order chi connectivity index (χ1) is 10.5. The lowest BCUT2D eigenvalue weighted by molar-refractivity contribution is 0.627. The minimum Gasteiger partial charge on any atom is -0.315 e. The van der Waals surface area contributed by atoms with Gasteiger partial charge in [0, 0.05) is 11.1 Å². The van der Waals surface area contributed by atoms with Crippen LogP contribution in [0.2, 0.25) is 0 Å². The smallest absolute Gasteiger partial charge is 0.314 e. The highest BCUT2D eigenvalue weighted by atomic mass is 19.1. The zero-order chi connectivity index (χ0) is 15.7. The Morgan fingerprint density at radius 1 is 0.591 bits per heavy atom. The number of hydrogen-bond acceptors (Lipinski definition) is 2. The van der Waals surface area contributed by atoms with Gasteiger partial charge < -0.3 is 9.97 Å². The highest BCUT2D eigenvalue weighted by Crippen LogP contribution is 2.27. The quantitative estimate of drug-likeness (QED) is 0.715. The highest BCUT2D eigenvalue weighted by molar-refractivity contribution is 5.77. The molecule has 3 rings (SSSR count). The minimum absolute atomic E-state index is 0.330. The molecule has 1 aromatic heterocycles. The number of nitrogens with one attached hydrogen (secondary N) is 2. The van der Waals surface area contributed by atoms with Gasteiger partial charge in [-0.05, 0) is 48.5 Å². The number of hydrogen-bond donors (Lipinski definition) is 2. The fourth-order valence-corrected chi connectivity index (χ4v) is 2.13. The molecule has 3 aromatic rings. The lowest BCUT2D eigenvalue weighted by atomic mass is 10.0. The molecule has 4 nitrogen and oxygen atoms in total. The van der Waals surface area contributed by atoms with Crippen LogP contribution in [0.25, 0.3) is 22.5 Å². The summed E-state index contributed by atoms with van der Waals surface area (Å²) in [6.45, 7) is 0. The van der Waals surface area contributed by atoms with Crippen molar-refractivity contribution < 1.29 is 8.78 Å². The second-order valence-corrected chi connectivity index (χ2v) is 4.67. The molecule has 0 radical (unpaired) electrons. The zero-order valence-corrected chi connectivity index (χ0v) is 11.2. The van der Waals surface area contributed by atoms with E-state index in [0.717, 1.165) is 0 Å². The van der Waals surface area contributed by atoms with Gasteiger partial charge in [-0.25, -0.2) is 8.78 Å².